The maximum atomic E-state index is 12.4. The van der Waals surface area contributed by atoms with Crippen molar-refractivity contribution in [1.82, 2.24) is 4.90 Å². The first-order valence-corrected chi connectivity index (χ1v) is 10.2. The van der Waals surface area contributed by atoms with Crippen molar-refractivity contribution in [2.75, 3.05) is 56.2 Å². The molecule has 1 heterocycles. The molecule has 31 heavy (non-hydrogen) atoms. The molecule has 0 radical (unpaired) electrons. The van der Waals surface area contributed by atoms with Gasteiger partial charge in [0.1, 0.15) is 5.75 Å². The van der Waals surface area contributed by atoms with E-state index in [2.05, 4.69) is 10.2 Å². The zero-order valence-electron chi connectivity index (χ0n) is 17.5. The molecule has 1 N–H and O–H groups in total. The second-order valence-electron chi connectivity index (χ2n) is 7.03. The van der Waals surface area contributed by atoms with Gasteiger partial charge in [0.05, 0.1) is 31.4 Å². The van der Waals surface area contributed by atoms with Gasteiger partial charge in [0.2, 0.25) is 5.91 Å². The van der Waals surface area contributed by atoms with Crippen molar-refractivity contribution in [3.05, 3.63) is 54.1 Å². The molecule has 0 aliphatic carbocycles. The van der Waals surface area contributed by atoms with E-state index in [1.165, 1.54) is 4.90 Å². The summed E-state index contributed by atoms with van der Waals surface area (Å²) in [6, 6.07) is 16.2. The van der Waals surface area contributed by atoms with Gasteiger partial charge in [-0.2, -0.15) is 5.26 Å². The lowest BCUT2D eigenvalue weighted by Gasteiger charge is -2.29. The normalized spacial score (nSPS) is 13.2. The van der Waals surface area contributed by atoms with Gasteiger partial charge < -0.3 is 24.6 Å². The van der Waals surface area contributed by atoms with Crippen LogP contribution in [0.2, 0.25) is 0 Å². The first kappa shape index (κ1) is 22.1. The maximum absolute atomic E-state index is 12.4. The van der Waals surface area contributed by atoms with E-state index in [-0.39, 0.29) is 25.0 Å². The van der Waals surface area contributed by atoms with Gasteiger partial charge in [-0.15, -0.1) is 0 Å². The highest BCUT2D eigenvalue weighted by atomic mass is 16.5. The second-order valence-corrected chi connectivity index (χ2v) is 7.03. The smallest absolute Gasteiger partial charge is 0.260 e. The number of nitrogens with one attached hydrogen (secondary N) is 1. The summed E-state index contributed by atoms with van der Waals surface area (Å²) < 4.78 is 10.8. The van der Waals surface area contributed by atoms with Gasteiger partial charge in [0.25, 0.3) is 5.91 Å². The lowest BCUT2D eigenvalue weighted by molar-refractivity contribution is -0.136. The number of hydrogen-bond donors (Lipinski definition) is 1. The highest BCUT2D eigenvalue weighted by molar-refractivity contribution is 5.94. The predicted molar refractivity (Wildman–Crippen MR) is 117 cm³/mol. The van der Waals surface area contributed by atoms with Crippen molar-refractivity contribution >= 4 is 23.2 Å². The van der Waals surface area contributed by atoms with E-state index < -0.39 is 0 Å². The average Bonchev–Trinajstić information content (AvgIpc) is 2.82. The van der Waals surface area contributed by atoms with Gasteiger partial charge in [0, 0.05) is 31.0 Å². The van der Waals surface area contributed by atoms with Crippen LogP contribution in [-0.4, -0.2) is 62.7 Å². The summed E-state index contributed by atoms with van der Waals surface area (Å²) in [4.78, 5) is 28.5. The summed E-state index contributed by atoms with van der Waals surface area (Å²) in [7, 11) is 0. The molecule has 1 saturated heterocycles. The molecule has 0 atom stereocenters. The fraction of sp³-hybridized carbons (Fsp3) is 0.348. The molecule has 1 aliphatic rings. The highest BCUT2D eigenvalue weighted by Gasteiger charge is 2.17. The Bertz CT molecular complexity index is 916. The van der Waals surface area contributed by atoms with Gasteiger partial charge in [-0.1, -0.05) is 0 Å². The van der Waals surface area contributed by atoms with E-state index in [1.807, 2.05) is 37.3 Å². The van der Waals surface area contributed by atoms with Crippen molar-refractivity contribution in [2.24, 2.45) is 0 Å². The predicted octanol–water partition coefficient (Wildman–Crippen LogP) is 2.26. The molecule has 0 aromatic heterocycles. The van der Waals surface area contributed by atoms with Crippen molar-refractivity contribution in [3.8, 4) is 11.8 Å². The standard InChI is InChI=1S/C23H26N4O4/c1-2-26(23(29)17-31-21-9-3-18(15-24)4-10-21)16-22(28)25-19-5-7-20(8-6-19)27-11-13-30-14-12-27/h3-10H,2,11-14,16-17H2,1H3,(H,25,28). The van der Waals surface area contributed by atoms with E-state index in [1.54, 1.807) is 24.3 Å². The lowest BCUT2D eigenvalue weighted by Crippen LogP contribution is -2.40. The highest BCUT2D eigenvalue weighted by Crippen LogP contribution is 2.19. The zero-order valence-corrected chi connectivity index (χ0v) is 17.5. The number of nitrogens with zero attached hydrogens (tertiary/aromatic N) is 3. The molecule has 0 spiro atoms. The van der Waals surface area contributed by atoms with Crippen LogP contribution in [0.25, 0.3) is 0 Å². The minimum Gasteiger partial charge on any atom is -0.484 e. The van der Waals surface area contributed by atoms with Crippen molar-refractivity contribution in [3.63, 3.8) is 0 Å². The zero-order chi connectivity index (χ0) is 22.1. The molecule has 2 amide bonds. The third kappa shape index (κ3) is 6.46. The molecule has 1 fully saturated rings. The minimum absolute atomic E-state index is 0.0583. The minimum atomic E-state index is -0.287. The quantitative estimate of drug-likeness (QED) is 0.701. The molecule has 8 nitrogen and oxygen atoms in total. The molecule has 0 saturated carbocycles. The molecule has 1 aliphatic heterocycles. The number of nitriles is 1. The van der Waals surface area contributed by atoms with Crippen molar-refractivity contribution < 1.29 is 19.1 Å². The summed E-state index contributed by atoms with van der Waals surface area (Å²) in [5.74, 6) is -0.0643. The summed E-state index contributed by atoms with van der Waals surface area (Å²) in [5, 5.41) is 11.6. The Morgan fingerprint density at radius 1 is 1.13 bits per heavy atom. The molecule has 3 rings (SSSR count). The SMILES string of the molecule is CCN(CC(=O)Nc1ccc(N2CCOCC2)cc1)C(=O)COc1ccc(C#N)cc1. The van der Waals surface area contributed by atoms with Gasteiger partial charge in [0.15, 0.2) is 6.61 Å². The van der Waals surface area contributed by atoms with Crippen molar-refractivity contribution in [1.29, 1.82) is 5.26 Å². The van der Waals surface area contributed by atoms with E-state index in [0.717, 1.165) is 18.8 Å². The van der Waals surface area contributed by atoms with E-state index in [4.69, 9.17) is 14.7 Å². The Hall–Kier alpha value is -3.57. The number of benzene rings is 2. The average molecular weight is 422 g/mol. The van der Waals surface area contributed by atoms with Gasteiger partial charge in [-0.05, 0) is 55.5 Å². The molecular weight excluding hydrogens is 396 g/mol. The molecule has 2 aromatic rings. The summed E-state index contributed by atoms with van der Waals surface area (Å²) in [6.45, 7) is 5.09. The van der Waals surface area contributed by atoms with Gasteiger partial charge in [-0.25, -0.2) is 0 Å². The first-order valence-electron chi connectivity index (χ1n) is 10.2. The Morgan fingerprint density at radius 3 is 2.42 bits per heavy atom. The number of morpholine rings is 1. The van der Waals surface area contributed by atoms with E-state index >= 15 is 0 Å². The number of hydrogen-bond acceptors (Lipinski definition) is 6. The van der Waals surface area contributed by atoms with Crippen molar-refractivity contribution in [2.45, 2.75) is 6.92 Å². The van der Waals surface area contributed by atoms with E-state index in [0.29, 0.717) is 36.8 Å². The number of carbonyl (C=O) groups excluding carboxylic acids is 2. The molecule has 162 valence electrons. The maximum Gasteiger partial charge on any atom is 0.260 e. The summed E-state index contributed by atoms with van der Waals surface area (Å²) in [5.41, 5.74) is 2.29. The van der Waals surface area contributed by atoms with Crippen LogP contribution in [0.1, 0.15) is 12.5 Å². The van der Waals surface area contributed by atoms with Crippen LogP contribution in [0.3, 0.4) is 0 Å². The monoisotopic (exact) mass is 422 g/mol. The number of ether oxygens (including phenoxy) is 2. The molecule has 2 aromatic carbocycles. The molecule has 8 heteroatoms. The Labute approximate surface area is 182 Å². The summed E-state index contributed by atoms with van der Waals surface area (Å²) >= 11 is 0. The van der Waals surface area contributed by atoms with Gasteiger partial charge >= 0.3 is 0 Å². The third-order valence-corrected chi connectivity index (χ3v) is 4.94. The second kappa shape index (κ2) is 11.0. The number of rotatable bonds is 8. The number of amides is 2. The Balaban J connectivity index is 1.48. The molecular formula is C23H26N4O4. The Morgan fingerprint density at radius 2 is 1.81 bits per heavy atom. The Kier molecular flexibility index (Phi) is 7.85. The molecule has 0 unspecified atom stereocenters. The van der Waals surface area contributed by atoms with Crippen LogP contribution in [0.15, 0.2) is 48.5 Å². The van der Waals surface area contributed by atoms with Crippen LogP contribution in [0.5, 0.6) is 5.75 Å². The van der Waals surface area contributed by atoms with Crippen LogP contribution in [0, 0.1) is 11.3 Å². The fourth-order valence-electron chi connectivity index (χ4n) is 3.19. The topological polar surface area (TPSA) is 94.9 Å². The van der Waals surface area contributed by atoms with Crippen LogP contribution in [0.4, 0.5) is 11.4 Å². The van der Waals surface area contributed by atoms with Crippen LogP contribution >= 0.6 is 0 Å². The number of carbonyl (C=O) groups is 2. The van der Waals surface area contributed by atoms with Crippen LogP contribution in [-0.2, 0) is 14.3 Å². The van der Waals surface area contributed by atoms with Gasteiger partial charge in [-0.3, -0.25) is 9.59 Å². The third-order valence-electron chi connectivity index (χ3n) is 4.94. The number of likely N-dealkylation sites (N-methyl/N-ethyl adjacent to an activating group) is 1. The first-order chi connectivity index (χ1) is 15.1. The van der Waals surface area contributed by atoms with E-state index in [9.17, 15) is 9.59 Å². The largest absolute Gasteiger partial charge is 0.484 e. The molecule has 0 bridgehead atoms. The lowest BCUT2D eigenvalue weighted by atomic mass is 10.2. The number of anilines is 2. The fourth-order valence-corrected chi connectivity index (χ4v) is 3.19. The van der Waals surface area contributed by atoms with Crippen LogP contribution < -0.4 is 15.0 Å². The summed E-state index contributed by atoms with van der Waals surface area (Å²) in [6.07, 6.45) is 0.